The molecule has 0 aliphatic carbocycles. The average molecular weight is 323 g/mol. The Kier molecular flexibility index (Phi) is 4.25. The van der Waals surface area contributed by atoms with E-state index >= 15 is 0 Å². The highest BCUT2D eigenvalue weighted by atomic mass is 16.4. The summed E-state index contributed by atoms with van der Waals surface area (Å²) in [6.07, 6.45) is 0. The van der Waals surface area contributed by atoms with Crippen LogP contribution >= 0.6 is 0 Å². The maximum absolute atomic E-state index is 12.5. The number of aryl methyl sites for hydroxylation is 3. The molecule has 0 saturated carbocycles. The summed E-state index contributed by atoms with van der Waals surface area (Å²) in [5.41, 5.74) is 4.49. The van der Waals surface area contributed by atoms with Gasteiger partial charge in [-0.15, -0.1) is 0 Å². The summed E-state index contributed by atoms with van der Waals surface area (Å²) in [6.45, 7) is 7.98. The van der Waals surface area contributed by atoms with Crippen molar-refractivity contribution in [3.8, 4) is 5.69 Å². The fraction of sp³-hybridized carbons (Fsp3) is 0.263. The molecule has 3 aromatic rings. The van der Waals surface area contributed by atoms with Crippen LogP contribution in [0.4, 0.5) is 0 Å². The van der Waals surface area contributed by atoms with E-state index in [9.17, 15) is 4.79 Å². The Balaban J connectivity index is 1.81. The third-order valence-electron chi connectivity index (χ3n) is 4.16. The minimum Gasteiger partial charge on any atom is -0.444 e. The second-order valence-corrected chi connectivity index (χ2v) is 5.89. The lowest BCUT2D eigenvalue weighted by molar-refractivity contribution is 0.0946. The van der Waals surface area contributed by atoms with E-state index < -0.39 is 0 Å². The first-order valence-electron chi connectivity index (χ1n) is 7.93. The second-order valence-electron chi connectivity index (χ2n) is 5.89. The van der Waals surface area contributed by atoms with E-state index in [0.29, 0.717) is 11.5 Å². The van der Waals surface area contributed by atoms with Crippen molar-refractivity contribution >= 4 is 5.91 Å². The number of aromatic nitrogens is 2. The molecule has 5 heteroatoms. The van der Waals surface area contributed by atoms with Gasteiger partial charge in [-0.05, 0) is 45.9 Å². The summed E-state index contributed by atoms with van der Waals surface area (Å²) in [4.78, 5) is 16.8. The normalized spacial score (nSPS) is 10.8. The molecule has 3 rings (SSSR count). The van der Waals surface area contributed by atoms with Crippen LogP contribution < -0.4 is 5.32 Å². The third-order valence-corrected chi connectivity index (χ3v) is 4.16. The van der Waals surface area contributed by atoms with Crippen LogP contribution in [0.2, 0.25) is 0 Å². The van der Waals surface area contributed by atoms with E-state index in [0.717, 1.165) is 28.5 Å². The minimum absolute atomic E-state index is 0.126. The first-order valence-corrected chi connectivity index (χ1v) is 7.93. The Morgan fingerprint density at radius 1 is 1.17 bits per heavy atom. The smallest absolute Gasteiger partial charge is 0.253 e. The van der Waals surface area contributed by atoms with E-state index in [2.05, 4.69) is 14.9 Å². The molecule has 24 heavy (non-hydrogen) atoms. The Hall–Kier alpha value is -2.82. The van der Waals surface area contributed by atoms with Gasteiger partial charge in [0.1, 0.15) is 5.76 Å². The zero-order valence-electron chi connectivity index (χ0n) is 14.4. The van der Waals surface area contributed by atoms with E-state index in [1.165, 1.54) is 0 Å². The lowest BCUT2D eigenvalue weighted by Crippen LogP contribution is -2.23. The van der Waals surface area contributed by atoms with Crippen molar-refractivity contribution in [3.05, 3.63) is 70.7 Å². The van der Waals surface area contributed by atoms with E-state index in [1.54, 1.807) is 0 Å². The fourth-order valence-electron chi connectivity index (χ4n) is 2.83. The topological polar surface area (TPSA) is 60.1 Å². The van der Waals surface area contributed by atoms with Gasteiger partial charge in [-0.3, -0.25) is 4.79 Å². The lowest BCUT2D eigenvalue weighted by Gasteiger charge is -2.09. The second kappa shape index (κ2) is 6.35. The van der Waals surface area contributed by atoms with Crippen LogP contribution in [0, 0.1) is 27.7 Å². The molecule has 0 atom stereocenters. The van der Waals surface area contributed by atoms with E-state index in [4.69, 9.17) is 4.42 Å². The monoisotopic (exact) mass is 323 g/mol. The molecular formula is C19H21N3O2. The molecule has 0 saturated heterocycles. The number of carbonyl (C=O) groups is 1. The van der Waals surface area contributed by atoms with Crippen LogP contribution in [-0.4, -0.2) is 15.5 Å². The highest BCUT2D eigenvalue weighted by Gasteiger charge is 2.17. The van der Waals surface area contributed by atoms with Gasteiger partial charge in [-0.25, -0.2) is 4.98 Å². The highest BCUT2D eigenvalue weighted by molar-refractivity contribution is 5.95. The highest BCUT2D eigenvalue weighted by Crippen LogP contribution is 2.20. The Labute approximate surface area is 141 Å². The zero-order valence-corrected chi connectivity index (χ0v) is 14.4. The molecular weight excluding hydrogens is 302 g/mol. The number of rotatable bonds is 4. The fourth-order valence-corrected chi connectivity index (χ4v) is 2.83. The SMILES string of the molecule is Cc1nc(CNC(=O)c2cc(C)n(-c3ccccc3)c2C)oc1C. The van der Waals surface area contributed by atoms with Gasteiger partial charge in [-0.2, -0.15) is 0 Å². The zero-order chi connectivity index (χ0) is 17.3. The minimum atomic E-state index is -0.126. The molecule has 1 aromatic carbocycles. The van der Waals surface area contributed by atoms with Gasteiger partial charge in [0.25, 0.3) is 5.91 Å². The van der Waals surface area contributed by atoms with Gasteiger partial charge >= 0.3 is 0 Å². The molecule has 0 aliphatic heterocycles. The van der Waals surface area contributed by atoms with Crippen LogP contribution in [0.1, 0.15) is 39.1 Å². The maximum atomic E-state index is 12.5. The van der Waals surface area contributed by atoms with Crippen LogP contribution in [-0.2, 0) is 6.54 Å². The van der Waals surface area contributed by atoms with Crippen molar-refractivity contribution in [1.82, 2.24) is 14.9 Å². The van der Waals surface area contributed by atoms with Crippen molar-refractivity contribution in [1.29, 1.82) is 0 Å². The summed E-state index contributed by atoms with van der Waals surface area (Å²) >= 11 is 0. The van der Waals surface area contributed by atoms with Crippen molar-refractivity contribution in [3.63, 3.8) is 0 Å². The molecule has 124 valence electrons. The molecule has 0 bridgehead atoms. The predicted octanol–water partition coefficient (Wildman–Crippen LogP) is 3.63. The Morgan fingerprint density at radius 2 is 1.88 bits per heavy atom. The van der Waals surface area contributed by atoms with Crippen LogP contribution in [0.15, 0.2) is 40.8 Å². The van der Waals surface area contributed by atoms with Gasteiger partial charge in [0.05, 0.1) is 17.8 Å². The summed E-state index contributed by atoms with van der Waals surface area (Å²) in [7, 11) is 0. The van der Waals surface area contributed by atoms with Gasteiger partial charge in [0.2, 0.25) is 5.89 Å². The number of para-hydroxylation sites is 1. The van der Waals surface area contributed by atoms with Crippen molar-refractivity contribution in [2.45, 2.75) is 34.2 Å². The molecule has 0 radical (unpaired) electrons. The largest absolute Gasteiger partial charge is 0.444 e. The van der Waals surface area contributed by atoms with Crippen molar-refractivity contribution in [2.75, 3.05) is 0 Å². The quantitative estimate of drug-likeness (QED) is 0.797. The molecule has 1 N–H and O–H groups in total. The maximum Gasteiger partial charge on any atom is 0.253 e. The van der Waals surface area contributed by atoms with Gasteiger partial charge in [0.15, 0.2) is 0 Å². The molecule has 0 fully saturated rings. The number of hydrogen-bond acceptors (Lipinski definition) is 3. The van der Waals surface area contributed by atoms with Gasteiger partial charge < -0.3 is 14.3 Å². The molecule has 0 aliphatic rings. The molecule has 2 heterocycles. The summed E-state index contributed by atoms with van der Waals surface area (Å²) < 4.78 is 7.58. The lowest BCUT2D eigenvalue weighted by atomic mass is 10.2. The number of benzene rings is 1. The predicted molar refractivity (Wildman–Crippen MR) is 92.4 cm³/mol. The standard InChI is InChI=1S/C19H21N3O2/c1-12-10-17(14(3)22(12)16-8-6-5-7-9-16)19(23)20-11-18-21-13(2)15(4)24-18/h5-10H,11H2,1-4H3,(H,20,23). The molecule has 2 aromatic heterocycles. The summed E-state index contributed by atoms with van der Waals surface area (Å²) in [5.74, 6) is 1.18. The number of nitrogens with one attached hydrogen (secondary N) is 1. The average Bonchev–Trinajstić information content (AvgIpc) is 3.05. The molecule has 1 amide bonds. The Bertz CT molecular complexity index is 856. The third kappa shape index (κ3) is 2.97. The Morgan fingerprint density at radius 3 is 2.50 bits per heavy atom. The van der Waals surface area contributed by atoms with Crippen molar-refractivity contribution < 1.29 is 9.21 Å². The molecule has 0 spiro atoms. The van der Waals surface area contributed by atoms with E-state index in [1.807, 2.05) is 64.1 Å². The molecule has 0 unspecified atom stereocenters. The first-order chi connectivity index (χ1) is 11.5. The number of carbonyl (C=O) groups excluding carboxylic acids is 1. The summed E-state index contributed by atoms with van der Waals surface area (Å²) in [6, 6.07) is 11.9. The van der Waals surface area contributed by atoms with E-state index in [-0.39, 0.29) is 12.5 Å². The van der Waals surface area contributed by atoms with Crippen LogP contribution in [0.25, 0.3) is 5.69 Å². The van der Waals surface area contributed by atoms with Gasteiger partial charge in [0, 0.05) is 17.1 Å². The molecule has 5 nitrogen and oxygen atoms in total. The number of hydrogen-bond donors (Lipinski definition) is 1. The number of nitrogens with zero attached hydrogens (tertiary/aromatic N) is 2. The first kappa shape index (κ1) is 16.1. The van der Waals surface area contributed by atoms with Crippen LogP contribution in [0.5, 0.6) is 0 Å². The number of oxazole rings is 1. The number of amides is 1. The van der Waals surface area contributed by atoms with Crippen molar-refractivity contribution in [2.24, 2.45) is 0 Å². The van der Waals surface area contributed by atoms with Gasteiger partial charge in [-0.1, -0.05) is 18.2 Å². The van der Waals surface area contributed by atoms with Crippen LogP contribution in [0.3, 0.4) is 0 Å². The summed E-state index contributed by atoms with van der Waals surface area (Å²) in [5, 5.41) is 2.88.